The molecule has 0 bridgehead atoms. The van der Waals surface area contributed by atoms with Crippen molar-refractivity contribution in [2.75, 3.05) is 5.73 Å². The fourth-order valence-electron chi connectivity index (χ4n) is 2.25. The Bertz CT molecular complexity index is 873. The van der Waals surface area contributed by atoms with Gasteiger partial charge in [-0.05, 0) is 37.1 Å². The van der Waals surface area contributed by atoms with E-state index in [-0.39, 0.29) is 0 Å². The summed E-state index contributed by atoms with van der Waals surface area (Å²) < 4.78 is 10.8. The normalized spacial score (nSPS) is 11.0. The van der Waals surface area contributed by atoms with Gasteiger partial charge in [0.1, 0.15) is 5.75 Å². The largest absolute Gasteiger partial charge is 0.455 e. The standard InChI is InChI=1S/C15H13ClN2O3/c1-7-3-9(16)4-8(2)14(7)20-12-6-11-13(5-10(12)17)21-15(19)18-11/h3-6H,17H2,1-2H3,(H,18,19). The van der Waals surface area contributed by atoms with Gasteiger partial charge in [-0.15, -0.1) is 0 Å². The monoisotopic (exact) mass is 304 g/mol. The van der Waals surface area contributed by atoms with E-state index < -0.39 is 5.76 Å². The van der Waals surface area contributed by atoms with Gasteiger partial charge in [0.25, 0.3) is 0 Å². The zero-order valence-electron chi connectivity index (χ0n) is 11.5. The molecule has 1 aromatic heterocycles. The molecule has 0 aliphatic carbocycles. The van der Waals surface area contributed by atoms with E-state index in [2.05, 4.69) is 4.98 Å². The smallest absolute Gasteiger partial charge is 0.417 e. The molecule has 1 heterocycles. The van der Waals surface area contributed by atoms with Crippen LogP contribution in [0.2, 0.25) is 5.02 Å². The maximum absolute atomic E-state index is 11.2. The Morgan fingerprint density at radius 1 is 1.19 bits per heavy atom. The number of hydrogen-bond acceptors (Lipinski definition) is 4. The zero-order chi connectivity index (χ0) is 15.1. The summed E-state index contributed by atoms with van der Waals surface area (Å²) in [7, 11) is 0. The molecule has 0 atom stereocenters. The molecule has 0 saturated heterocycles. The molecule has 0 saturated carbocycles. The van der Waals surface area contributed by atoms with Gasteiger partial charge in [-0.25, -0.2) is 4.79 Å². The fourth-order valence-corrected chi connectivity index (χ4v) is 2.58. The average molecular weight is 305 g/mol. The number of aromatic nitrogens is 1. The van der Waals surface area contributed by atoms with Crippen molar-refractivity contribution in [1.29, 1.82) is 0 Å². The van der Waals surface area contributed by atoms with E-state index in [0.29, 0.717) is 33.3 Å². The fraction of sp³-hybridized carbons (Fsp3) is 0.133. The predicted octanol–water partition coefficient (Wildman–Crippen LogP) is 3.77. The summed E-state index contributed by atoms with van der Waals surface area (Å²) in [5, 5.41) is 0.653. The van der Waals surface area contributed by atoms with Crippen LogP contribution < -0.4 is 16.2 Å². The number of anilines is 1. The first kappa shape index (κ1) is 13.6. The molecule has 0 amide bonds. The summed E-state index contributed by atoms with van der Waals surface area (Å²) >= 11 is 6.00. The number of aromatic amines is 1. The summed E-state index contributed by atoms with van der Waals surface area (Å²) in [4.78, 5) is 13.8. The van der Waals surface area contributed by atoms with Crippen LogP contribution in [0.1, 0.15) is 11.1 Å². The van der Waals surface area contributed by atoms with Crippen LogP contribution in [-0.2, 0) is 0 Å². The second-order valence-electron chi connectivity index (χ2n) is 4.87. The molecule has 6 heteroatoms. The number of hydrogen-bond donors (Lipinski definition) is 2. The molecule has 3 rings (SSSR count). The number of benzene rings is 2. The number of nitrogens with two attached hydrogens (primary N) is 1. The summed E-state index contributed by atoms with van der Waals surface area (Å²) in [5.41, 5.74) is 9.07. The van der Waals surface area contributed by atoms with Gasteiger partial charge < -0.3 is 14.9 Å². The lowest BCUT2D eigenvalue weighted by atomic mass is 10.1. The van der Waals surface area contributed by atoms with Gasteiger partial charge in [-0.3, -0.25) is 4.98 Å². The average Bonchev–Trinajstić information content (AvgIpc) is 2.72. The van der Waals surface area contributed by atoms with Crippen LogP contribution >= 0.6 is 11.6 Å². The first-order valence-electron chi connectivity index (χ1n) is 6.31. The maximum atomic E-state index is 11.2. The van der Waals surface area contributed by atoms with Crippen molar-refractivity contribution < 1.29 is 9.15 Å². The molecule has 3 N–H and O–H groups in total. The molecule has 0 unspecified atom stereocenters. The number of fused-ring (bicyclic) bond motifs is 1. The maximum Gasteiger partial charge on any atom is 0.417 e. The second kappa shape index (κ2) is 4.86. The van der Waals surface area contributed by atoms with Crippen LogP contribution in [0.25, 0.3) is 11.1 Å². The van der Waals surface area contributed by atoms with Crippen LogP contribution in [0.15, 0.2) is 33.5 Å². The van der Waals surface area contributed by atoms with E-state index >= 15 is 0 Å². The number of nitrogen functional groups attached to an aromatic ring is 1. The van der Waals surface area contributed by atoms with Gasteiger partial charge >= 0.3 is 5.76 Å². The third-order valence-corrected chi connectivity index (χ3v) is 3.41. The van der Waals surface area contributed by atoms with Crippen LogP contribution in [0.5, 0.6) is 11.5 Å². The van der Waals surface area contributed by atoms with Crippen LogP contribution in [-0.4, -0.2) is 4.98 Å². The van der Waals surface area contributed by atoms with Gasteiger partial charge in [-0.2, -0.15) is 0 Å². The number of ether oxygens (including phenoxy) is 1. The van der Waals surface area contributed by atoms with E-state index in [1.807, 2.05) is 26.0 Å². The number of aryl methyl sites for hydroxylation is 2. The van der Waals surface area contributed by atoms with Crippen molar-refractivity contribution in [1.82, 2.24) is 4.98 Å². The van der Waals surface area contributed by atoms with Crippen molar-refractivity contribution in [2.45, 2.75) is 13.8 Å². The van der Waals surface area contributed by atoms with E-state index in [0.717, 1.165) is 11.1 Å². The minimum absolute atomic E-state index is 0.388. The van der Waals surface area contributed by atoms with E-state index in [9.17, 15) is 4.79 Å². The highest BCUT2D eigenvalue weighted by Gasteiger charge is 2.12. The molecule has 0 spiro atoms. The van der Waals surface area contributed by atoms with E-state index in [1.165, 1.54) is 0 Å². The predicted molar refractivity (Wildman–Crippen MR) is 82.2 cm³/mol. The van der Waals surface area contributed by atoms with Gasteiger partial charge in [0.05, 0.1) is 11.2 Å². The lowest BCUT2D eigenvalue weighted by Crippen LogP contribution is -1.96. The summed E-state index contributed by atoms with van der Waals surface area (Å²) in [6.45, 7) is 3.81. The Morgan fingerprint density at radius 2 is 1.86 bits per heavy atom. The SMILES string of the molecule is Cc1cc(Cl)cc(C)c1Oc1cc2[nH]c(=O)oc2cc1N. The Labute approximate surface area is 125 Å². The lowest BCUT2D eigenvalue weighted by Gasteiger charge is -2.13. The third-order valence-electron chi connectivity index (χ3n) is 3.19. The molecule has 0 aliphatic rings. The zero-order valence-corrected chi connectivity index (χ0v) is 12.2. The number of rotatable bonds is 2. The molecule has 0 aliphatic heterocycles. The minimum Gasteiger partial charge on any atom is -0.455 e. The number of halogens is 1. The minimum atomic E-state index is -0.527. The first-order valence-corrected chi connectivity index (χ1v) is 6.69. The second-order valence-corrected chi connectivity index (χ2v) is 5.31. The van der Waals surface area contributed by atoms with Gasteiger partial charge in [-0.1, -0.05) is 11.6 Å². The molecular weight excluding hydrogens is 292 g/mol. The summed E-state index contributed by atoms with van der Waals surface area (Å²) in [6.07, 6.45) is 0. The molecule has 2 aromatic carbocycles. The molecule has 108 valence electrons. The molecule has 3 aromatic rings. The molecular formula is C15H13ClN2O3. The van der Waals surface area contributed by atoms with Crippen molar-refractivity contribution >= 4 is 28.4 Å². The number of nitrogens with one attached hydrogen (secondary N) is 1. The van der Waals surface area contributed by atoms with E-state index in [1.54, 1.807) is 12.1 Å². The van der Waals surface area contributed by atoms with Crippen molar-refractivity contribution in [3.8, 4) is 11.5 Å². The topological polar surface area (TPSA) is 81.2 Å². The highest BCUT2D eigenvalue weighted by molar-refractivity contribution is 6.30. The van der Waals surface area contributed by atoms with Crippen molar-refractivity contribution in [3.63, 3.8) is 0 Å². The molecule has 0 fully saturated rings. The summed E-state index contributed by atoms with van der Waals surface area (Å²) in [6, 6.07) is 6.84. The Hall–Kier alpha value is -2.40. The summed E-state index contributed by atoms with van der Waals surface area (Å²) in [5.74, 6) is 0.616. The Kier molecular flexibility index (Phi) is 3.14. The van der Waals surface area contributed by atoms with Crippen LogP contribution in [0, 0.1) is 13.8 Å². The third kappa shape index (κ3) is 2.48. The van der Waals surface area contributed by atoms with Crippen molar-refractivity contribution in [2.24, 2.45) is 0 Å². The molecule has 0 radical (unpaired) electrons. The highest BCUT2D eigenvalue weighted by atomic mass is 35.5. The van der Waals surface area contributed by atoms with E-state index in [4.69, 9.17) is 26.5 Å². The quantitative estimate of drug-likeness (QED) is 0.706. The van der Waals surface area contributed by atoms with Crippen LogP contribution in [0.4, 0.5) is 5.69 Å². The first-order chi connectivity index (χ1) is 9.94. The number of oxazole rings is 1. The molecule has 5 nitrogen and oxygen atoms in total. The number of H-pyrrole nitrogens is 1. The Balaban J connectivity index is 2.09. The van der Waals surface area contributed by atoms with Gasteiger partial charge in [0.2, 0.25) is 0 Å². The lowest BCUT2D eigenvalue weighted by molar-refractivity contribution is 0.478. The van der Waals surface area contributed by atoms with Crippen LogP contribution in [0.3, 0.4) is 0 Å². The Morgan fingerprint density at radius 3 is 2.52 bits per heavy atom. The van der Waals surface area contributed by atoms with Gasteiger partial charge in [0, 0.05) is 17.2 Å². The highest BCUT2D eigenvalue weighted by Crippen LogP contribution is 2.35. The van der Waals surface area contributed by atoms with Gasteiger partial charge in [0.15, 0.2) is 11.3 Å². The molecule has 21 heavy (non-hydrogen) atoms. The van der Waals surface area contributed by atoms with Crippen molar-refractivity contribution in [3.05, 3.63) is 51.0 Å².